The molecule has 0 spiro atoms. The van der Waals surface area contributed by atoms with Gasteiger partial charge >= 0.3 is 0 Å². The molecule has 1 saturated heterocycles. The average Bonchev–Trinajstić information content (AvgIpc) is 2.77. The fourth-order valence-corrected chi connectivity index (χ4v) is 2.96. The molecule has 17 heavy (non-hydrogen) atoms. The largest absolute Gasteiger partial charge is 0.367 e. The normalized spacial score (nSPS) is 30.5. The van der Waals surface area contributed by atoms with Crippen molar-refractivity contribution in [2.24, 2.45) is 11.8 Å². The topological polar surface area (TPSA) is 54.2 Å². The summed E-state index contributed by atoms with van der Waals surface area (Å²) in [6.07, 6.45) is 1.61. The molecule has 2 fully saturated rings. The number of pyridine rings is 1. The van der Waals surface area contributed by atoms with Gasteiger partial charge in [0.15, 0.2) is 5.65 Å². The maximum Gasteiger partial charge on any atom is 0.157 e. The van der Waals surface area contributed by atoms with Gasteiger partial charge in [-0.25, -0.2) is 4.98 Å². The zero-order valence-corrected chi connectivity index (χ0v) is 9.72. The van der Waals surface area contributed by atoms with Crippen LogP contribution < -0.4 is 10.6 Å². The number of piperidine rings is 1. The van der Waals surface area contributed by atoms with Crippen LogP contribution in [0.4, 0.5) is 5.82 Å². The number of rotatable bonds is 2. The zero-order valence-electron chi connectivity index (χ0n) is 9.72. The van der Waals surface area contributed by atoms with Crippen LogP contribution >= 0.6 is 0 Å². The van der Waals surface area contributed by atoms with E-state index >= 15 is 0 Å². The summed E-state index contributed by atoms with van der Waals surface area (Å²) >= 11 is 0. The molecule has 5 heteroatoms. The molecule has 0 radical (unpaired) electrons. The Morgan fingerprint density at radius 1 is 1.35 bits per heavy atom. The van der Waals surface area contributed by atoms with E-state index in [1.54, 1.807) is 6.33 Å². The molecular formula is C12H15N5. The Morgan fingerprint density at radius 2 is 2.18 bits per heavy atom. The van der Waals surface area contributed by atoms with Crippen molar-refractivity contribution >= 4 is 11.5 Å². The lowest BCUT2D eigenvalue weighted by atomic mass is 10.3. The van der Waals surface area contributed by atoms with Crippen LogP contribution in [0.15, 0.2) is 18.5 Å². The van der Waals surface area contributed by atoms with Gasteiger partial charge < -0.3 is 10.6 Å². The number of nitrogens with zero attached hydrogens (tertiary/aromatic N) is 3. The Bertz CT molecular complexity index is 565. The molecule has 4 rings (SSSR count). The molecule has 1 aliphatic carbocycles. The summed E-state index contributed by atoms with van der Waals surface area (Å²) < 4.78 is 1.88. The molecule has 88 valence electrons. The average molecular weight is 229 g/mol. The van der Waals surface area contributed by atoms with Gasteiger partial charge in [0.25, 0.3) is 0 Å². The van der Waals surface area contributed by atoms with Gasteiger partial charge in [-0.15, -0.1) is 0 Å². The molecule has 1 saturated carbocycles. The first kappa shape index (κ1) is 9.41. The number of hydrogen-bond acceptors (Lipinski definition) is 4. The van der Waals surface area contributed by atoms with Crippen LogP contribution in [0.1, 0.15) is 5.56 Å². The SMILES string of the molecule is Cc1cc(NC2C3CNCC32)n2ncnc2c1. The maximum atomic E-state index is 4.26. The first-order valence-electron chi connectivity index (χ1n) is 6.10. The highest BCUT2D eigenvalue weighted by atomic mass is 15.3. The van der Waals surface area contributed by atoms with Crippen LogP contribution in [0.2, 0.25) is 0 Å². The molecular weight excluding hydrogens is 214 g/mol. The quantitative estimate of drug-likeness (QED) is 0.794. The van der Waals surface area contributed by atoms with Crippen molar-refractivity contribution in [1.82, 2.24) is 19.9 Å². The third-order valence-electron chi connectivity index (χ3n) is 3.93. The van der Waals surface area contributed by atoms with Crippen LogP contribution in [0, 0.1) is 18.8 Å². The highest BCUT2D eigenvalue weighted by Gasteiger charge is 2.53. The lowest BCUT2D eigenvalue weighted by Crippen LogP contribution is -2.22. The van der Waals surface area contributed by atoms with Crippen molar-refractivity contribution in [3.8, 4) is 0 Å². The third-order valence-corrected chi connectivity index (χ3v) is 3.93. The summed E-state index contributed by atoms with van der Waals surface area (Å²) in [7, 11) is 0. The van der Waals surface area contributed by atoms with Crippen molar-refractivity contribution in [1.29, 1.82) is 0 Å². The van der Waals surface area contributed by atoms with Crippen LogP contribution in [-0.4, -0.2) is 33.7 Å². The van der Waals surface area contributed by atoms with Gasteiger partial charge in [-0.05, 0) is 36.5 Å². The molecule has 2 N–H and O–H groups in total. The molecule has 0 bridgehead atoms. The fourth-order valence-electron chi connectivity index (χ4n) is 2.96. The van der Waals surface area contributed by atoms with Crippen molar-refractivity contribution in [2.45, 2.75) is 13.0 Å². The van der Waals surface area contributed by atoms with E-state index in [-0.39, 0.29) is 0 Å². The number of hydrogen-bond donors (Lipinski definition) is 2. The van der Waals surface area contributed by atoms with Crippen molar-refractivity contribution in [3.63, 3.8) is 0 Å². The molecule has 2 aliphatic rings. The van der Waals surface area contributed by atoms with Gasteiger partial charge in [0, 0.05) is 19.1 Å². The molecule has 2 unspecified atom stereocenters. The van der Waals surface area contributed by atoms with Gasteiger partial charge in [-0.3, -0.25) is 0 Å². The molecule has 0 aromatic carbocycles. The second-order valence-corrected chi connectivity index (χ2v) is 5.10. The predicted molar refractivity (Wildman–Crippen MR) is 65.0 cm³/mol. The smallest absolute Gasteiger partial charge is 0.157 e. The molecule has 2 aromatic rings. The van der Waals surface area contributed by atoms with E-state index in [0.29, 0.717) is 6.04 Å². The summed E-state index contributed by atoms with van der Waals surface area (Å²) in [5.74, 6) is 2.67. The van der Waals surface area contributed by atoms with Gasteiger partial charge in [0.2, 0.25) is 0 Å². The second kappa shape index (κ2) is 3.20. The van der Waals surface area contributed by atoms with E-state index in [2.05, 4.69) is 33.7 Å². The molecule has 0 amide bonds. The minimum atomic E-state index is 0.616. The summed E-state index contributed by atoms with van der Waals surface area (Å²) in [5.41, 5.74) is 2.13. The Balaban J connectivity index is 1.68. The first-order valence-corrected chi connectivity index (χ1v) is 6.10. The van der Waals surface area contributed by atoms with Crippen molar-refractivity contribution < 1.29 is 0 Å². The number of anilines is 1. The van der Waals surface area contributed by atoms with Gasteiger partial charge in [0.05, 0.1) is 0 Å². The predicted octanol–water partition coefficient (Wildman–Crippen LogP) is 0.667. The summed E-state index contributed by atoms with van der Waals surface area (Å²) in [6.45, 7) is 4.39. The van der Waals surface area contributed by atoms with Gasteiger partial charge in [0.1, 0.15) is 12.1 Å². The molecule has 2 aromatic heterocycles. The molecule has 3 heterocycles. The van der Waals surface area contributed by atoms with E-state index in [0.717, 1.165) is 36.4 Å². The van der Waals surface area contributed by atoms with E-state index in [9.17, 15) is 0 Å². The Morgan fingerprint density at radius 3 is 3.00 bits per heavy atom. The monoisotopic (exact) mass is 229 g/mol. The number of aryl methyl sites for hydroxylation is 1. The lowest BCUT2D eigenvalue weighted by Gasteiger charge is -2.11. The summed E-state index contributed by atoms with van der Waals surface area (Å²) in [4.78, 5) is 4.24. The zero-order chi connectivity index (χ0) is 11.4. The second-order valence-electron chi connectivity index (χ2n) is 5.10. The highest BCUT2D eigenvalue weighted by molar-refractivity contribution is 5.52. The third kappa shape index (κ3) is 1.35. The molecule has 1 aliphatic heterocycles. The highest BCUT2D eigenvalue weighted by Crippen LogP contribution is 2.43. The fraction of sp³-hybridized carbons (Fsp3) is 0.500. The van der Waals surface area contributed by atoms with Crippen LogP contribution in [0.3, 0.4) is 0 Å². The number of fused-ring (bicyclic) bond motifs is 2. The van der Waals surface area contributed by atoms with E-state index in [1.165, 1.54) is 5.56 Å². The molecule has 2 atom stereocenters. The van der Waals surface area contributed by atoms with Crippen LogP contribution in [-0.2, 0) is 0 Å². The van der Waals surface area contributed by atoms with Crippen LogP contribution in [0.5, 0.6) is 0 Å². The first-order chi connectivity index (χ1) is 8.33. The maximum absolute atomic E-state index is 4.26. The standard InChI is InChI=1S/C12H15N5/c1-7-2-10-14-6-15-17(10)11(3-7)16-12-8-4-13-5-9(8)12/h2-3,6,8-9,12-13,16H,4-5H2,1H3. The molecule has 5 nitrogen and oxygen atoms in total. The lowest BCUT2D eigenvalue weighted by molar-refractivity contribution is 0.693. The van der Waals surface area contributed by atoms with Crippen molar-refractivity contribution in [2.75, 3.05) is 18.4 Å². The minimum absolute atomic E-state index is 0.616. The Kier molecular flexibility index (Phi) is 1.77. The minimum Gasteiger partial charge on any atom is -0.367 e. The Hall–Kier alpha value is -1.62. The number of nitrogens with one attached hydrogen (secondary N) is 2. The van der Waals surface area contributed by atoms with Gasteiger partial charge in [-0.1, -0.05) is 0 Å². The van der Waals surface area contributed by atoms with E-state index in [1.807, 2.05) is 10.6 Å². The van der Waals surface area contributed by atoms with E-state index in [4.69, 9.17) is 0 Å². The summed E-state index contributed by atoms with van der Waals surface area (Å²) in [5, 5.41) is 11.3. The van der Waals surface area contributed by atoms with Gasteiger partial charge in [-0.2, -0.15) is 9.61 Å². The summed E-state index contributed by atoms with van der Waals surface area (Å²) in [6, 6.07) is 4.81. The number of aromatic nitrogens is 3. The van der Waals surface area contributed by atoms with Crippen LogP contribution in [0.25, 0.3) is 5.65 Å². The van der Waals surface area contributed by atoms with E-state index < -0.39 is 0 Å². The Labute approximate surface area is 99.2 Å². The van der Waals surface area contributed by atoms with Crippen molar-refractivity contribution in [3.05, 3.63) is 24.0 Å².